The van der Waals surface area contributed by atoms with E-state index in [4.69, 9.17) is 17.3 Å². The Balaban J connectivity index is 2.38. The van der Waals surface area contributed by atoms with Crippen LogP contribution in [0.1, 0.15) is 32.3 Å². The van der Waals surface area contributed by atoms with E-state index in [-0.39, 0.29) is 11.0 Å². The third-order valence-electron chi connectivity index (χ3n) is 3.58. The van der Waals surface area contributed by atoms with Crippen LogP contribution in [0.15, 0.2) is 24.3 Å². The Labute approximate surface area is 90.3 Å². The zero-order valence-corrected chi connectivity index (χ0v) is 9.43. The summed E-state index contributed by atoms with van der Waals surface area (Å²) in [5.41, 5.74) is 7.51. The molecule has 2 N–H and O–H groups in total. The summed E-state index contributed by atoms with van der Waals surface area (Å²) in [7, 11) is 0. The van der Waals surface area contributed by atoms with E-state index in [2.05, 4.69) is 19.9 Å². The average Bonchev–Trinajstić information content (AvgIpc) is 2.85. The fourth-order valence-corrected chi connectivity index (χ4v) is 2.11. The van der Waals surface area contributed by atoms with Crippen LogP contribution in [0.3, 0.4) is 0 Å². The minimum absolute atomic E-state index is 0.0162. The summed E-state index contributed by atoms with van der Waals surface area (Å²) < 4.78 is 0. The molecule has 2 heteroatoms. The summed E-state index contributed by atoms with van der Waals surface area (Å²) in [4.78, 5) is 0. The molecule has 0 unspecified atom stereocenters. The Morgan fingerprint density at radius 3 is 2.50 bits per heavy atom. The highest BCUT2D eigenvalue weighted by atomic mass is 35.5. The molecule has 1 fully saturated rings. The van der Waals surface area contributed by atoms with Crippen molar-refractivity contribution in [2.75, 3.05) is 0 Å². The predicted octanol–water partition coefficient (Wildman–Crippen LogP) is 3.11. The van der Waals surface area contributed by atoms with Gasteiger partial charge in [-0.3, -0.25) is 0 Å². The first kappa shape index (κ1) is 10.0. The summed E-state index contributed by atoms with van der Waals surface area (Å²) in [6.07, 6.45) is 2.24. The number of hydrogen-bond donors (Lipinski definition) is 1. The highest BCUT2D eigenvalue weighted by Gasteiger charge is 2.51. The lowest BCUT2D eigenvalue weighted by molar-refractivity contribution is 0.391. The monoisotopic (exact) mass is 209 g/mol. The van der Waals surface area contributed by atoms with Gasteiger partial charge in [0.15, 0.2) is 0 Å². The first-order valence-corrected chi connectivity index (χ1v) is 5.38. The molecular formula is C12H16ClN. The summed E-state index contributed by atoms with van der Waals surface area (Å²) in [6, 6.07) is 8.02. The van der Waals surface area contributed by atoms with E-state index in [0.717, 1.165) is 17.9 Å². The van der Waals surface area contributed by atoms with Gasteiger partial charge in [-0.05, 0) is 30.5 Å². The molecule has 0 amide bonds. The second-order valence-corrected chi connectivity index (χ2v) is 5.23. The Morgan fingerprint density at radius 2 is 2.00 bits per heavy atom. The Morgan fingerprint density at radius 1 is 1.36 bits per heavy atom. The molecule has 1 saturated carbocycles. The van der Waals surface area contributed by atoms with Gasteiger partial charge in [-0.2, -0.15) is 0 Å². The Bertz CT molecular complexity index is 353. The summed E-state index contributed by atoms with van der Waals surface area (Å²) in [5, 5.41) is 0.792. The maximum atomic E-state index is 6.26. The molecule has 0 spiro atoms. The molecule has 0 atom stereocenters. The number of halogens is 1. The summed E-state index contributed by atoms with van der Waals surface area (Å²) in [6.45, 7) is 4.40. The lowest BCUT2D eigenvalue weighted by Gasteiger charge is -2.32. The standard InChI is InChI=1S/C12H16ClN/c1-11(2,12(14)6-7-12)9-4-3-5-10(13)8-9/h3-5,8H,6-7,14H2,1-2H3. The van der Waals surface area contributed by atoms with Crippen molar-refractivity contribution in [3.8, 4) is 0 Å². The number of benzene rings is 1. The van der Waals surface area contributed by atoms with E-state index in [0.29, 0.717) is 0 Å². The maximum absolute atomic E-state index is 6.26. The lowest BCUT2D eigenvalue weighted by atomic mass is 9.76. The van der Waals surface area contributed by atoms with E-state index in [9.17, 15) is 0 Å². The van der Waals surface area contributed by atoms with E-state index < -0.39 is 0 Å². The zero-order valence-electron chi connectivity index (χ0n) is 8.68. The fraction of sp³-hybridized carbons (Fsp3) is 0.500. The fourth-order valence-electron chi connectivity index (χ4n) is 1.92. The largest absolute Gasteiger partial charge is 0.324 e. The van der Waals surface area contributed by atoms with Crippen LogP contribution in [0.25, 0.3) is 0 Å². The van der Waals surface area contributed by atoms with Crippen LogP contribution in [-0.4, -0.2) is 5.54 Å². The molecule has 0 bridgehead atoms. The van der Waals surface area contributed by atoms with Gasteiger partial charge < -0.3 is 5.73 Å². The molecule has 0 aromatic heterocycles. The molecule has 1 aliphatic rings. The highest BCUT2D eigenvalue weighted by Crippen LogP contribution is 2.49. The predicted molar refractivity (Wildman–Crippen MR) is 60.6 cm³/mol. The molecule has 2 rings (SSSR count). The van der Waals surface area contributed by atoms with Crippen molar-refractivity contribution in [1.29, 1.82) is 0 Å². The van der Waals surface area contributed by atoms with Crippen molar-refractivity contribution in [3.63, 3.8) is 0 Å². The SMILES string of the molecule is CC(C)(c1cccc(Cl)c1)C1(N)CC1. The molecule has 0 radical (unpaired) electrons. The first-order valence-electron chi connectivity index (χ1n) is 5.01. The van der Waals surface area contributed by atoms with Crippen LogP contribution in [-0.2, 0) is 5.41 Å². The van der Waals surface area contributed by atoms with E-state index >= 15 is 0 Å². The molecular weight excluding hydrogens is 194 g/mol. The van der Waals surface area contributed by atoms with Crippen molar-refractivity contribution in [3.05, 3.63) is 34.9 Å². The van der Waals surface area contributed by atoms with E-state index in [1.807, 2.05) is 18.2 Å². The smallest absolute Gasteiger partial charge is 0.0408 e. The zero-order chi connectivity index (χ0) is 10.4. The van der Waals surface area contributed by atoms with Gasteiger partial charge in [0.2, 0.25) is 0 Å². The topological polar surface area (TPSA) is 26.0 Å². The lowest BCUT2D eigenvalue weighted by Crippen LogP contribution is -2.43. The van der Waals surface area contributed by atoms with Gasteiger partial charge in [0.25, 0.3) is 0 Å². The van der Waals surface area contributed by atoms with Gasteiger partial charge in [0, 0.05) is 16.0 Å². The van der Waals surface area contributed by atoms with Crippen LogP contribution >= 0.6 is 11.6 Å². The average molecular weight is 210 g/mol. The molecule has 76 valence electrons. The Hall–Kier alpha value is -0.530. The molecule has 0 heterocycles. The number of nitrogens with two attached hydrogens (primary N) is 1. The number of hydrogen-bond acceptors (Lipinski definition) is 1. The Kier molecular flexibility index (Phi) is 2.13. The molecule has 1 nitrogen and oxygen atoms in total. The first-order chi connectivity index (χ1) is 6.46. The van der Waals surface area contributed by atoms with E-state index in [1.165, 1.54) is 5.56 Å². The second kappa shape index (κ2) is 2.98. The van der Waals surface area contributed by atoms with E-state index in [1.54, 1.807) is 0 Å². The molecule has 0 aliphatic heterocycles. The minimum atomic E-state index is -0.0162. The van der Waals surface area contributed by atoms with Crippen LogP contribution in [0.2, 0.25) is 5.02 Å². The summed E-state index contributed by atoms with van der Waals surface area (Å²) in [5.74, 6) is 0. The van der Waals surface area contributed by atoms with Crippen LogP contribution in [0.5, 0.6) is 0 Å². The molecule has 1 aliphatic carbocycles. The van der Waals surface area contributed by atoms with Crippen molar-refractivity contribution in [2.45, 2.75) is 37.6 Å². The minimum Gasteiger partial charge on any atom is -0.324 e. The van der Waals surface area contributed by atoms with Gasteiger partial charge in [0.1, 0.15) is 0 Å². The molecule has 1 aromatic carbocycles. The van der Waals surface area contributed by atoms with Crippen molar-refractivity contribution < 1.29 is 0 Å². The van der Waals surface area contributed by atoms with Crippen LogP contribution in [0, 0.1) is 0 Å². The van der Waals surface area contributed by atoms with Gasteiger partial charge in [-0.1, -0.05) is 37.6 Å². The van der Waals surface area contributed by atoms with Crippen molar-refractivity contribution in [1.82, 2.24) is 0 Å². The van der Waals surface area contributed by atoms with Gasteiger partial charge >= 0.3 is 0 Å². The van der Waals surface area contributed by atoms with Gasteiger partial charge in [0.05, 0.1) is 0 Å². The molecule has 14 heavy (non-hydrogen) atoms. The van der Waals surface area contributed by atoms with Gasteiger partial charge in [-0.15, -0.1) is 0 Å². The van der Waals surface area contributed by atoms with Gasteiger partial charge in [-0.25, -0.2) is 0 Å². The van der Waals surface area contributed by atoms with Crippen molar-refractivity contribution in [2.24, 2.45) is 5.73 Å². The normalized spacial score (nSPS) is 19.4. The second-order valence-electron chi connectivity index (χ2n) is 4.79. The number of rotatable bonds is 2. The third-order valence-corrected chi connectivity index (χ3v) is 3.81. The highest BCUT2D eigenvalue weighted by molar-refractivity contribution is 6.30. The molecule has 1 aromatic rings. The summed E-state index contributed by atoms with van der Waals surface area (Å²) >= 11 is 5.98. The van der Waals surface area contributed by atoms with Crippen LogP contribution in [0.4, 0.5) is 0 Å². The van der Waals surface area contributed by atoms with Crippen molar-refractivity contribution >= 4 is 11.6 Å². The van der Waals surface area contributed by atoms with Crippen LogP contribution < -0.4 is 5.73 Å². The maximum Gasteiger partial charge on any atom is 0.0408 e. The quantitative estimate of drug-likeness (QED) is 0.796. The molecule has 0 saturated heterocycles. The third kappa shape index (κ3) is 1.45.